The fourth-order valence-electron chi connectivity index (χ4n) is 1.98. The van der Waals surface area contributed by atoms with Gasteiger partial charge in [0.1, 0.15) is 0 Å². The summed E-state index contributed by atoms with van der Waals surface area (Å²) in [5, 5.41) is 3.34. The van der Waals surface area contributed by atoms with Gasteiger partial charge in [0.2, 0.25) is 0 Å². The molecule has 96 valence electrons. The van der Waals surface area contributed by atoms with E-state index in [9.17, 15) is 0 Å². The van der Waals surface area contributed by atoms with Crippen molar-refractivity contribution in [3.8, 4) is 11.1 Å². The van der Waals surface area contributed by atoms with E-state index < -0.39 is 0 Å². The molecule has 0 spiro atoms. The lowest BCUT2D eigenvalue weighted by atomic mass is 10.0. The molecule has 0 bridgehead atoms. The van der Waals surface area contributed by atoms with Gasteiger partial charge < -0.3 is 5.32 Å². The van der Waals surface area contributed by atoms with E-state index in [-0.39, 0.29) is 0 Å². The fraction of sp³-hybridized carbons (Fsp3) is 0.118. The quantitative estimate of drug-likeness (QED) is 0.804. The minimum absolute atomic E-state index is 1.13. The SMILES string of the molecule is CN=C/C=C\Nc1c(C)cccc1-c1ccccc1. The highest BCUT2D eigenvalue weighted by Gasteiger charge is 2.05. The third kappa shape index (κ3) is 3.32. The number of allylic oxidation sites excluding steroid dienone is 1. The Morgan fingerprint density at radius 2 is 1.79 bits per heavy atom. The van der Waals surface area contributed by atoms with E-state index >= 15 is 0 Å². The number of aryl methyl sites for hydroxylation is 1. The summed E-state index contributed by atoms with van der Waals surface area (Å²) in [7, 11) is 1.76. The smallest absolute Gasteiger partial charge is 0.0489 e. The first-order chi connectivity index (χ1) is 9.33. The molecule has 0 aliphatic heterocycles. The van der Waals surface area contributed by atoms with Crippen LogP contribution in [0.2, 0.25) is 0 Å². The van der Waals surface area contributed by atoms with Gasteiger partial charge in [-0.25, -0.2) is 0 Å². The third-order valence-corrected chi connectivity index (χ3v) is 2.92. The van der Waals surface area contributed by atoms with Crippen LogP contribution in [0, 0.1) is 6.92 Å². The molecule has 0 saturated carbocycles. The molecular formula is C17H18N2. The van der Waals surface area contributed by atoms with Crippen molar-refractivity contribution < 1.29 is 0 Å². The van der Waals surface area contributed by atoms with Gasteiger partial charge in [-0.2, -0.15) is 0 Å². The van der Waals surface area contributed by atoms with Crippen LogP contribution in [0.25, 0.3) is 11.1 Å². The molecule has 0 aromatic heterocycles. The number of hydrogen-bond donors (Lipinski definition) is 1. The van der Waals surface area contributed by atoms with Crippen LogP contribution in [0.1, 0.15) is 5.56 Å². The Hall–Kier alpha value is -2.35. The molecule has 0 amide bonds. The number of hydrogen-bond acceptors (Lipinski definition) is 2. The van der Waals surface area contributed by atoms with Crippen molar-refractivity contribution >= 4 is 11.9 Å². The van der Waals surface area contributed by atoms with Crippen LogP contribution >= 0.6 is 0 Å². The van der Waals surface area contributed by atoms with Crippen molar-refractivity contribution in [2.24, 2.45) is 4.99 Å². The largest absolute Gasteiger partial charge is 0.361 e. The fourth-order valence-corrected chi connectivity index (χ4v) is 1.98. The Morgan fingerprint density at radius 1 is 1.00 bits per heavy atom. The average Bonchev–Trinajstić information content (AvgIpc) is 2.46. The maximum atomic E-state index is 3.92. The van der Waals surface area contributed by atoms with Crippen molar-refractivity contribution in [2.45, 2.75) is 6.92 Å². The van der Waals surface area contributed by atoms with Gasteiger partial charge in [0.15, 0.2) is 0 Å². The minimum atomic E-state index is 1.13. The first-order valence-electron chi connectivity index (χ1n) is 6.32. The molecule has 0 heterocycles. The van der Waals surface area contributed by atoms with E-state index in [1.165, 1.54) is 16.7 Å². The summed E-state index contributed by atoms with van der Waals surface area (Å²) in [6, 6.07) is 16.7. The highest BCUT2D eigenvalue weighted by molar-refractivity contribution is 5.81. The summed E-state index contributed by atoms with van der Waals surface area (Å²) in [5.41, 5.74) is 4.78. The zero-order chi connectivity index (χ0) is 13.5. The first-order valence-corrected chi connectivity index (χ1v) is 6.32. The van der Waals surface area contributed by atoms with Crippen molar-refractivity contribution in [2.75, 3.05) is 12.4 Å². The van der Waals surface area contributed by atoms with Crippen LogP contribution in [-0.2, 0) is 0 Å². The highest BCUT2D eigenvalue weighted by Crippen LogP contribution is 2.30. The zero-order valence-electron chi connectivity index (χ0n) is 11.3. The lowest BCUT2D eigenvalue weighted by Crippen LogP contribution is -1.94. The van der Waals surface area contributed by atoms with Gasteiger partial charge in [-0.05, 0) is 24.1 Å². The third-order valence-electron chi connectivity index (χ3n) is 2.92. The lowest BCUT2D eigenvalue weighted by Gasteiger charge is -2.12. The molecule has 0 atom stereocenters. The van der Waals surface area contributed by atoms with E-state index in [2.05, 4.69) is 59.7 Å². The Morgan fingerprint density at radius 3 is 2.53 bits per heavy atom. The van der Waals surface area contributed by atoms with Gasteiger partial charge in [-0.15, -0.1) is 0 Å². The van der Waals surface area contributed by atoms with Gasteiger partial charge in [0.05, 0.1) is 0 Å². The van der Waals surface area contributed by atoms with Crippen molar-refractivity contribution in [1.82, 2.24) is 0 Å². The second kappa shape index (κ2) is 6.55. The Bertz CT molecular complexity index is 583. The highest BCUT2D eigenvalue weighted by atomic mass is 14.8. The molecule has 1 N–H and O–H groups in total. The van der Waals surface area contributed by atoms with Crippen LogP contribution in [0.5, 0.6) is 0 Å². The summed E-state index contributed by atoms with van der Waals surface area (Å²) in [4.78, 5) is 3.92. The number of rotatable bonds is 4. The lowest BCUT2D eigenvalue weighted by molar-refractivity contribution is 1.43. The molecule has 0 unspecified atom stereocenters. The number of nitrogens with zero attached hydrogens (tertiary/aromatic N) is 1. The van der Waals surface area contributed by atoms with Crippen LogP contribution in [0.4, 0.5) is 5.69 Å². The van der Waals surface area contributed by atoms with Crippen LogP contribution < -0.4 is 5.32 Å². The van der Waals surface area contributed by atoms with Crippen LogP contribution in [-0.4, -0.2) is 13.3 Å². The Kier molecular flexibility index (Phi) is 4.51. The molecule has 0 aliphatic rings. The molecule has 0 fully saturated rings. The molecule has 0 radical (unpaired) electrons. The predicted octanol–water partition coefficient (Wildman–Crippen LogP) is 4.29. The average molecular weight is 250 g/mol. The number of anilines is 1. The number of para-hydroxylation sites is 1. The maximum absolute atomic E-state index is 3.92. The van der Waals surface area contributed by atoms with Gasteiger partial charge in [-0.3, -0.25) is 4.99 Å². The normalized spacial score (nSPS) is 11.3. The standard InChI is InChI=1S/C17H18N2/c1-14-8-6-11-16(15-9-4-3-5-10-15)17(14)19-13-7-12-18-2/h3-13,19H,1-2H3/b13-7-,18-12?. The molecule has 19 heavy (non-hydrogen) atoms. The number of aliphatic imine (C=N–C) groups is 1. The zero-order valence-corrected chi connectivity index (χ0v) is 11.3. The Balaban J connectivity index is 2.36. The van der Waals surface area contributed by atoms with Crippen LogP contribution in [0.3, 0.4) is 0 Å². The maximum Gasteiger partial charge on any atom is 0.0489 e. The van der Waals surface area contributed by atoms with Crippen molar-refractivity contribution in [3.63, 3.8) is 0 Å². The van der Waals surface area contributed by atoms with Crippen molar-refractivity contribution in [1.29, 1.82) is 0 Å². The van der Waals surface area contributed by atoms with E-state index in [4.69, 9.17) is 0 Å². The molecular weight excluding hydrogens is 232 g/mol. The van der Waals surface area contributed by atoms with E-state index in [0.29, 0.717) is 0 Å². The second-order valence-electron chi connectivity index (χ2n) is 4.27. The van der Waals surface area contributed by atoms with Gasteiger partial charge >= 0.3 is 0 Å². The van der Waals surface area contributed by atoms with E-state index in [0.717, 1.165) is 5.69 Å². The molecule has 2 heteroatoms. The second-order valence-corrected chi connectivity index (χ2v) is 4.27. The van der Waals surface area contributed by atoms with Crippen LogP contribution in [0.15, 0.2) is 65.8 Å². The van der Waals surface area contributed by atoms with Gasteiger partial charge in [0, 0.05) is 30.7 Å². The molecule has 2 aromatic carbocycles. The number of benzene rings is 2. The van der Waals surface area contributed by atoms with E-state index in [1.54, 1.807) is 13.3 Å². The monoisotopic (exact) mass is 250 g/mol. The molecule has 2 nitrogen and oxygen atoms in total. The topological polar surface area (TPSA) is 24.4 Å². The minimum Gasteiger partial charge on any atom is -0.361 e. The summed E-state index contributed by atoms with van der Waals surface area (Å²) in [6.45, 7) is 2.11. The molecule has 2 rings (SSSR count). The summed E-state index contributed by atoms with van der Waals surface area (Å²) < 4.78 is 0. The van der Waals surface area contributed by atoms with Crippen molar-refractivity contribution in [3.05, 3.63) is 66.4 Å². The van der Waals surface area contributed by atoms with E-state index in [1.807, 2.05) is 18.3 Å². The summed E-state index contributed by atoms with van der Waals surface area (Å²) in [5.74, 6) is 0. The van der Waals surface area contributed by atoms with Gasteiger partial charge in [0.25, 0.3) is 0 Å². The first kappa shape index (κ1) is 13.1. The Labute approximate surface area is 114 Å². The number of nitrogens with one attached hydrogen (secondary N) is 1. The molecule has 0 aliphatic carbocycles. The summed E-state index contributed by atoms with van der Waals surface area (Å²) >= 11 is 0. The molecule has 2 aromatic rings. The van der Waals surface area contributed by atoms with Gasteiger partial charge in [-0.1, -0.05) is 48.5 Å². The molecule has 0 saturated heterocycles. The summed E-state index contributed by atoms with van der Waals surface area (Å²) in [6.07, 6.45) is 5.55. The predicted molar refractivity (Wildman–Crippen MR) is 83.8 cm³/mol.